The monoisotopic (exact) mass is 645 g/mol. The van der Waals surface area contributed by atoms with Gasteiger partial charge in [0.1, 0.15) is 0 Å². The molecule has 0 radical (unpaired) electrons. The van der Waals surface area contributed by atoms with Gasteiger partial charge in [-0.3, -0.25) is 9.59 Å². The SMILES string of the molecule is NC(=O)[C@@H]1c2cc(-c3c(CO)cccc3C(=O)O)ccc2C(=O)N([C@H]2CCCC[C@@H]2N[SH](=O)=O)[C@H]1c1ccc(Cl)cc1Cl. The Morgan fingerprint density at radius 3 is 2.42 bits per heavy atom. The molecular weight excluding hydrogens is 617 g/mol. The van der Waals surface area contributed by atoms with Crippen molar-refractivity contribution in [2.75, 3.05) is 0 Å². The van der Waals surface area contributed by atoms with Crippen molar-refractivity contribution >= 4 is 51.9 Å². The zero-order valence-electron chi connectivity index (χ0n) is 22.7. The molecule has 5 rings (SSSR count). The summed E-state index contributed by atoms with van der Waals surface area (Å²) in [5.74, 6) is -3.58. The highest BCUT2D eigenvalue weighted by molar-refractivity contribution is 7.70. The van der Waals surface area contributed by atoms with Crippen molar-refractivity contribution in [2.24, 2.45) is 5.73 Å². The molecule has 43 heavy (non-hydrogen) atoms. The molecule has 10 nitrogen and oxygen atoms in total. The van der Waals surface area contributed by atoms with Crippen molar-refractivity contribution < 1.29 is 33.0 Å². The van der Waals surface area contributed by atoms with Crippen molar-refractivity contribution in [3.8, 4) is 11.1 Å². The molecule has 0 saturated heterocycles. The summed E-state index contributed by atoms with van der Waals surface area (Å²) in [4.78, 5) is 41.4. The number of carbonyl (C=O) groups excluding carboxylic acids is 2. The number of hydrogen-bond donors (Lipinski definition) is 5. The molecule has 5 N–H and O–H groups in total. The number of thiol groups is 1. The minimum atomic E-state index is -2.98. The lowest BCUT2D eigenvalue weighted by Crippen LogP contribution is -2.58. The molecule has 226 valence electrons. The van der Waals surface area contributed by atoms with Gasteiger partial charge in [-0.1, -0.05) is 60.3 Å². The third-order valence-corrected chi connectivity index (χ3v) is 9.36. The molecular formula is C30H29Cl2N3O7S. The maximum Gasteiger partial charge on any atom is 0.336 e. The second-order valence-corrected chi connectivity index (χ2v) is 12.3. The summed E-state index contributed by atoms with van der Waals surface area (Å²) in [6.45, 7) is -0.444. The predicted molar refractivity (Wildman–Crippen MR) is 162 cm³/mol. The minimum Gasteiger partial charge on any atom is -0.478 e. The fourth-order valence-corrected chi connectivity index (χ4v) is 7.58. The summed E-state index contributed by atoms with van der Waals surface area (Å²) in [5, 5.41) is 20.4. The Bertz CT molecular complexity index is 1690. The maximum atomic E-state index is 14.4. The molecule has 2 aliphatic rings. The van der Waals surface area contributed by atoms with Gasteiger partial charge in [0.2, 0.25) is 16.8 Å². The molecule has 13 heteroatoms. The van der Waals surface area contributed by atoms with Gasteiger partial charge in [0, 0.05) is 33.3 Å². The molecule has 1 aliphatic heterocycles. The molecule has 1 fully saturated rings. The van der Waals surface area contributed by atoms with Crippen molar-refractivity contribution in [3.05, 3.63) is 92.5 Å². The van der Waals surface area contributed by atoms with Crippen LogP contribution in [-0.2, 0) is 22.3 Å². The van der Waals surface area contributed by atoms with Crippen molar-refractivity contribution in [3.63, 3.8) is 0 Å². The van der Waals surface area contributed by atoms with Crippen LogP contribution in [0.4, 0.5) is 0 Å². The number of rotatable bonds is 8. The van der Waals surface area contributed by atoms with Gasteiger partial charge in [-0.25, -0.2) is 17.9 Å². The van der Waals surface area contributed by atoms with E-state index in [0.717, 1.165) is 12.8 Å². The molecule has 3 aromatic carbocycles. The second-order valence-electron chi connectivity index (χ2n) is 10.7. The van der Waals surface area contributed by atoms with E-state index in [9.17, 15) is 33.0 Å². The number of carboxylic acid groups (broad SMARTS) is 1. The third kappa shape index (κ3) is 5.87. The number of nitrogens with two attached hydrogens (primary N) is 1. The van der Waals surface area contributed by atoms with Gasteiger partial charge >= 0.3 is 5.97 Å². The van der Waals surface area contributed by atoms with Crippen LogP contribution in [0.1, 0.15) is 75.0 Å². The number of fused-ring (bicyclic) bond motifs is 1. The molecule has 2 amide bonds. The minimum absolute atomic E-state index is 0.0639. The molecule has 1 heterocycles. The highest BCUT2D eigenvalue weighted by Gasteiger charge is 2.49. The van der Waals surface area contributed by atoms with E-state index in [1.54, 1.807) is 30.3 Å². The van der Waals surface area contributed by atoms with Crippen LogP contribution < -0.4 is 10.5 Å². The number of halogens is 2. The summed E-state index contributed by atoms with van der Waals surface area (Å²) in [5.41, 5.74) is 7.81. The van der Waals surface area contributed by atoms with Crippen molar-refractivity contribution in [1.29, 1.82) is 0 Å². The van der Waals surface area contributed by atoms with Gasteiger partial charge in [0.05, 0.1) is 24.1 Å². The van der Waals surface area contributed by atoms with Crippen LogP contribution in [0.5, 0.6) is 0 Å². The Kier molecular flexibility index (Phi) is 9.10. The molecule has 1 aliphatic carbocycles. The number of hydrogen-bond acceptors (Lipinski definition) is 6. The Hall–Kier alpha value is -3.48. The van der Waals surface area contributed by atoms with E-state index in [1.807, 2.05) is 0 Å². The summed E-state index contributed by atoms with van der Waals surface area (Å²) in [6, 6.07) is 11.6. The summed E-state index contributed by atoms with van der Waals surface area (Å²) >= 11 is 12.9. The largest absolute Gasteiger partial charge is 0.478 e. The number of nitrogens with one attached hydrogen (secondary N) is 1. The topological polar surface area (TPSA) is 167 Å². The molecule has 4 atom stereocenters. The van der Waals surface area contributed by atoms with Gasteiger partial charge in [-0.2, -0.15) is 0 Å². The van der Waals surface area contributed by atoms with Crippen molar-refractivity contribution in [1.82, 2.24) is 9.62 Å². The predicted octanol–water partition coefficient (Wildman–Crippen LogP) is 4.04. The maximum absolute atomic E-state index is 14.4. The number of nitrogens with zero attached hydrogens (tertiary/aromatic N) is 1. The van der Waals surface area contributed by atoms with Gasteiger partial charge in [-0.05, 0) is 65.4 Å². The van der Waals surface area contributed by atoms with Crippen LogP contribution >= 0.6 is 23.2 Å². The van der Waals surface area contributed by atoms with E-state index in [-0.39, 0.29) is 27.3 Å². The Labute approximate surface area is 259 Å². The van der Waals surface area contributed by atoms with Crippen LogP contribution in [0.3, 0.4) is 0 Å². The number of amides is 2. The molecule has 0 bridgehead atoms. The van der Waals surface area contributed by atoms with Gasteiger partial charge < -0.3 is 20.8 Å². The average Bonchev–Trinajstić information content (AvgIpc) is 2.96. The fourth-order valence-electron chi connectivity index (χ4n) is 6.48. The van der Waals surface area contributed by atoms with Crippen molar-refractivity contribution in [2.45, 2.75) is 56.3 Å². The molecule has 3 aromatic rings. The van der Waals surface area contributed by atoms with E-state index in [4.69, 9.17) is 28.9 Å². The quantitative estimate of drug-likeness (QED) is 0.230. The highest BCUT2D eigenvalue weighted by Crippen LogP contribution is 2.48. The lowest BCUT2D eigenvalue weighted by atomic mass is 9.75. The second kappa shape index (κ2) is 12.6. The number of aromatic carboxylic acids is 1. The Balaban J connectivity index is 1.77. The highest BCUT2D eigenvalue weighted by atomic mass is 35.5. The number of benzene rings is 3. The molecule has 0 aromatic heterocycles. The standard InChI is InChI=1S/C30H29Cl2N3O7S/c31-17-9-11-19(22(32)13-17)27-26(28(33)37)21-12-15(25-16(14-36)4-3-5-20(25)30(39)40)8-10-18(21)29(38)35(27)24-7-2-1-6-23(24)34-43(41)42/h3-5,8-13,23-24,26-27,36,43H,1-2,6-7,14H2,(H2,33,37)(H,39,40)(H,34,41,42)/t23-,24-,26+,27-/m0/s1. The first-order valence-corrected chi connectivity index (χ1v) is 15.5. The average molecular weight is 647 g/mol. The lowest BCUT2D eigenvalue weighted by Gasteiger charge is -2.48. The van der Waals surface area contributed by atoms with E-state index in [0.29, 0.717) is 34.6 Å². The van der Waals surface area contributed by atoms with Gasteiger partial charge in [0.25, 0.3) is 5.91 Å². The molecule has 0 unspecified atom stereocenters. The van der Waals surface area contributed by atoms with Crippen LogP contribution in [0.25, 0.3) is 11.1 Å². The van der Waals surface area contributed by atoms with Crippen LogP contribution in [-0.4, -0.2) is 53.4 Å². The summed E-state index contributed by atoms with van der Waals surface area (Å²) in [6.07, 6.45) is 2.44. The number of primary amides is 1. The Morgan fingerprint density at radius 1 is 1.02 bits per heavy atom. The first kappa shape index (κ1) is 31.0. The van der Waals surface area contributed by atoms with Crippen LogP contribution in [0.2, 0.25) is 10.0 Å². The summed E-state index contributed by atoms with van der Waals surface area (Å²) in [7, 11) is -2.98. The van der Waals surface area contributed by atoms with Gasteiger partial charge in [0.15, 0.2) is 0 Å². The molecule has 1 saturated carbocycles. The first-order valence-electron chi connectivity index (χ1n) is 13.6. The van der Waals surface area contributed by atoms with E-state index >= 15 is 0 Å². The zero-order chi connectivity index (χ0) is 31.0. The number of aliphatic hydroxyl groups excluding tert-OH is 1. The first-order chi connectivity index (χ1) is 20.5. The number of aliphatic hydroxyl groups is 1. The van der Waals surface area contributed by atoms with E-state index < -0.39 is 59.3 Å². The number of carbonyl (C=O) groups is 3. The van der Waals surface area contributed by atoms with Gasteiger partial charge in [-0.15, -0.1) is 0 Å². The van der Waals surface area contributed by atoms with Crippen LogP contribution in [0.15, 0.2) is 54.6 Å². The number of carboxylic acids is 1. The normalized spacial score (nSPS) is 22.0. The Morgan fingerprint density at radius 2 is 1.77 bits per heavy atom. The van der Waals surface area contributed by atoms with E-state index in [1.165, 1.54) is 29.2 Å². The fraction of sp³-hybridized carbons (Fsp3) is 0.300. The smallest absolute Gasteiger partial charge is 0.336 e. The zero-order valence-corrected chi connectivity index (χ0v) is 25.1. The lowest BCUT2D eigenvalue weighted by molar-refractivity contribution is -0.121. The van der Waals surface area contributed by atoms with Crippen LogP contribution in [0, 0.1) is 0 Å². The summed E-state index contributed by atoms with van der Waals surface area (Å²) < 4.78 is 26.1. The molecule has 0 spiro atoms. The van der Waals surface area contributed by atoms with E-state index in [2.05, 4.69) is 4.72 Å². The third-order valence-electron chi connectivity index (χ3n) is 8.25.